The topological polar surface area (TPSA) is 90.4 Å². The molecule has 4 heterocycles. The monoisotopic (exact) mass is 419 g/mol. The SMILES string of the molecule is COc1ccc(-c2ccnc(NC3COC4C(NCc5ccccn5)COC34)n2)cc1. The van der Waals surface area contributed by atoms with Gasteiger partial charge in [0.25, 0.3) is 0 Å². The average Bonchev–Trinajstić information content (AvgIpc) is 3.42. The van der Waals surface area contributed by atoms with Gasteiger partial charge in [-0.2, -0.15) is 0 Å². The Morgan fingerprint density at radius 3 is 2.52 bits per heavy atom. The van der Waals surface area contributed by atoms with E-state index in [9.17, 15) is 0 Å². The summed E-state index contributed by atoms with van der Waals surface area (Å²) in [5.74, 6) is 1.38. The summed E-state index contributed by atoms with van der Waals surface area (Å²) in [5, 5.41) is 6.91. The fraction of sp³-hybridized carbons (Fsp3) is 0.348. The molecule has 2 saturated heterocycles. The minimum Gasteiger partial charge on any atom is -0.497 e. The Morgan fingerprint density at radius 2 is 1.74 bits per heavy atom. The van der Waals surface area contributed by atoms with E-state index in [0.717, 1.165) is 22.7 Å². The van der Waals surface area contributed by atoms with Crippen molar-refractivity contribution >= 4 is 5.95 Å². The second kappa shape index (κ2) is 8.97. The number of rotatable bonds is 7. The van der Waals surface area contributed by atoms with Crippen LogP contribution in [0.1, 0.15) is 5.69 Å². The highest BCUT2D eigenvalue weighted by molar-refractivity contribution is 5.61. The zero-order valence-corrected chi connectivity index (χ0v) is 17.3. The predicted octanol–water partition coefficient (Wildman–Crippen LogP) is 2.28. The first kappa shape index (κ1) is 19.9. The van der Waals surface area contributed by atoms with Gasteiger partial charge in [-0.05, 0) is 42.5 Å². The van der Waals surface area contributed by atoms with Crippen LogP contribution in [-0.2, 0) is 16.0 Å². The van der Waals surface area contributed by atoms with Crippen LogP contribution < -0.4 is 15.4 Å². The molecule has 4 atom stereocenters. The number of ether oxygens (including phenoxy) is 3. The van der Waals surface area contributed by atoms with Gasteiger partial charge >= 0.3 is 0 Å². The highest BCUT2D eigenvalue weighted by Crippen LogP contribution is 2.29. The Bertz CT molecular complexity index is 1000. The van der Waals surface area contributed by atoms with Gasteiger partial charge in [-0.1, -0.05) is 6.07 Å². The maximum absolute atomic E-state index is 6.06. The second-order valence-corrected chi connectivity index (χ2v) is 7.65. The van der Waals surface area contributed by atoms with Gasteiger partial charge in [0.15, 0.2) is 0 Å². The van der Waals surface area contributed by atoms with Crippen LogP contribution in [0.3, 0.4) is 0 Å². The number of aromatic nitrogens is 3. The molecular formula is C23H25N5O3. The fourth-order valence-electron chi connectivity index (χ4n) is 4.05. The molecule has 2 N–H and O–H groups in total. The minimum atomic E-state index is -0.0468. The van der Waals surface area contributed by atoms with Crippen LogP contribution >= 0.6 is 0 Å². The number of hydrogen-bond donors (Lipinski definition) is 2. The number of anilines is 1. The molecule has 1 aromatic carbocycles. The summed E-state index contributed by atoms with van der Waals surface area (Å²) < 4.78 is 17.4. The first-order valence-electron chi connectivity index (χ1n) is 10.4. The molecule has 0 amide bonds. The van der Waals surface area contributed by atoms with Gasteiger partial charge in [0.2, 0.25) is 5.95 Å². The van der Waals surface area contributed by atoms with Crippen LogP contribution in [0.5, 0.6) is 5.75 Å². The van der Waals surface area contributed by atoms with Crippen LogP contribution in [0.25, 0.3) is 11.3 Å². The first-order chi connectivity index (χ1) is 15.3. The molecule has 2 aromatic heterocycles. The van der Waals surface area contributed by atoms with Crippen molar-refractivity contribution in [3.63, 3.8) is 0 Å². The molecular weight excluding hydrogens is 394 g/mol. The molecule has 8 heteroatoms. The molecule has 160 valence electrons. The van der Waals surface area contributed by atoms with Crippen molar-refractivity contribution < 1.29 is 14.2 Å². The molecule has 2 aliphatic rings. The van der Waals surface area contributed by atoms with E-state index in [1.54, 1.807) is 19.5 Å². The molecule has 0 spiro atoms. The molecule has 8 nitrogen and oxygen atoms in total. The van der Waals surface area contributed by atoms with E-state index in [2.05, 4.69) is 25.6 Å². The summed E-state index contributed by atoms with van der Waals surface area (Å²) >= 11 is 0. The lowest BCUT2D eigenvalue weighted by atomic mass is 10.1. The number of methoxy groups -OCH3 is 1. The highest BCUT2D eigenvalue weighted by atomic mass is 16.6. The maximum Gasteiger partial charge on any atom is 0.223 e. The molecule has 0 saturated carbocycles. The normalized spacial score (nSPS) is 24.7. The summed E-state index contributed by atoms with van der Waals surface area (Å²) in [6.07, 6.45) is 3.51. The molecule has 3 aromatic rings. The molecule has 0 bridgehead atoms. The van der Waals surface area contributed by atoms with Crippen LogP contribution in [0.2, 0.25) is 0 Å². The second-order valence-electron chi connectivity index (χ2n) is 7.65. The number of fused-ring (bicyclic) bond motifs is 1. The number of pyridine rings is 1. The van der Waals surface area contributed by atoms with Crippen molar-refractivity contribution in [2.45, 2.75) is 30.8 Å². The standard InChI is InChI=1S/C23H25N5O3/c1-29-17-7-5-15(6-8-17)18-9-11-25-23(27-18)28-20-14-31-21-19(13-30-22(20)21)26-12-16-4-2-3-10-24-16/h2-11,19-22,26H,12-14H2,1H3,(H,25,27,28). The summed E-state index contributed by atoms with van der Waals surface area (Å²) in [6.45, 7) is 1.84. The quantitative estimate of drug-likeness (QED) is 0.603. The Balaban J connectivity index is 1.21. The molecule has 0 aliphatic carbocycles. The highest BCUT2D eigenvalue weighted by Gasteiger charge is 2.47. The van der Waals surface area contributed by atoms with Crippen molar-refractivity contribution in [1.29, 1.82) is 0 Å². The van der Waals surface area contributed by atoms with E-state index < -0.39 is 0 Å². The molecule has 4 unspecified atom stereocenters. The van der Waals surface area contributed by atoms with Gasteiger partial charge in [0.1, 0.15) is 18.0 Å². The van der Waals surface area contributed by atoms with Crippen molar-refractivity contribution in [2.24, 2.45) is 0 Å². The average molecular weight is 419 g/mol. The summed E-state index contributed by atoms with van der Waals surface area (Å²) in [5.41, 5.74) is 2.85. The maximum atomic E-state index is 6.06. The number of benzene rings is 1. The fourth-order valence-corrected chi connectivity index (χ4v) is 4.05. The van der Waals surface area contributed by atoms with Gasteiger partial charge in [0, 0.05) is 24.5 Å². The van der Waals surface area contributed by atoms with E-state index in [1.165, 1.54) is 0 Å². The Kier molecular flexibility index (Phi) is 5.75. The van der Waals surface area contributed by atoms with Crippen molar-refractivity contribution in [3.05, 3.63) is 66.6 Å². The molecule has 31 heavy (non-hydrogen) atoms. The lowest BCUT2D eigenvalue weighted by Crippen LogP contribution is -2.42. The van der Waals surface area contributed by atoms with E-state index in [-0.39, 0.29) is 24.3 Å². The zero-order chi connectivity index (χ0) is 21.0. The predicted molar refractivity (Wildman–Crippen MR) is 116 cm³/mol. The van der Waals surface area contributed by atoms with E-state index in [4.69, 9.17) is 14.2 Å². The number of hydrogen-bond acceptors (Lipinski definition) is 8. The molecule has 5 rings (SSSR count). The van der Waals surface area contributed by atoms with Gasteiger partial charge < -0.3 is 24.8 Å². The summed E-state index contributed by atoms with van der Waals surface area (Å²) in [7, 11) is 1.66. The van der Waals surface area contributed by atoms with E-state index in [0.29, 0.717) is 25.7 Å². The van der Waals surface area contributed by atoms with Gasteiger partial charge in [-0.15, -0.1) is 0 Å². The smallest absolute Gasteiger partial charge is 0.223 e. The molecule has 2 fully saturated rings. The van der Waals surface area contributed by atoms with Crippen LogP contribution in [0, 0.1) is 0 Å². The third kappa shape index (κ3) is 4.36. The molecule has 0 radical (unpaired) electrons. The van der Waals surface area contributed by atoms with Gasteiger partial charge in [0.05, 0.1) is 43.8 Å². The number of nitrogens with zero attached hydrogens (tertiary/aromatic N) is 3. The van der Waals surface area contributed by atoms with Crippen molar-refractivity contribution in [2.75, 3.05) is 25.6 Å². The number of nitrogens with one attached hydrogen (secondary N) is 2. The van der Waals surface area contributed by atoms with Crippen molar-refractivity contribution in [1.82, 2.24) is 20.3 Å². The Hall–Kier alpha value is -3.07. The Morgan fingerprint density at radius 1 is 0.935 bits per heavy atom. The van der Waals surface area contributed by atoms with Gasteiger partial charge in [-0.25, -0.2) is 9.97 Å². The van der Waals surface area contributed by atoms with Gasteiger partial charge in [-0.3, -0.25) is 4.98 Å². The zero-order valence-electron chi connectivity index (χ0n) is 17.3. The van der Waals surface area contributed by atoms with E-state index in [1.807, 2.05) is 48.5 Å². The lowest BCUT2D eigenvalue weighted by Gasteiger charge is -2.18. The summed E-state index contributed by atoms with van der Waals surface area (Å²) in [4.78, 5) is 13.4. The Labute approximate surface area is 181 Å². The lowest BCUT2D eigenvalue weighted by molar-refractivity contribution is 0.0674. The van der Waals surface area contributed by atoms with Crippen LogP contribution in [0.15, 0.2) is 60.9 Å². The van der Waals surface area contributed by atoms with Crippen LogP contribution in [-0.4, -0.2) is 59.6 Å². The summed E-state index contributed by atoms with van der Waals surface area (Å²) in [6, 6.07) is 15.7. The first-order valence-corrected chi connectivity index (χ1v) is 10.4. The largest absolute Gasteiger partial charge is 0.497 e. The van der Waals surface area contributed by atoms with Crippen LogP contribution in [0.4, 0.5) is 5.95 Å². The van der Waals surface area contributed by atoms with Crippen molar-refractivity contribution in [3.8, 4) is 17.0 Å². The third-order valence-electron chi connectivity index (χ3n) is 5.68. The third-order valence-corrected chi connectivity index (χ3v) is 5.68. The minimum absolute atomic E-state index is 0.00207. The molecule has 2 aliphatic heterocycles. The van der Waals surface area contributed by atoms with E-state index >= 15 is 0 Å².